The van der Waals surface area contributed by atoms with Crippen LogP contribution in [0.3, 0.4) is 0 Å². The summed E-state index contributed by atoms with van der Waals surface area (Å²) in [6.45, 7) is 0. The molecule has 1 nitrogen and oxygen atoms in total. The van der Waals surface area contributed by atoms with E-state index in [2.05, 4.69) is 0 Å². The molecule has 1 heterocycles. The molecule has 0 saturated heterocycles. The van der Waals surface area contributed by atoms with Crippen LogP contribution in [0.4, 0.5) is 0 Å². The zero-order valence-electron chi connectivity index (χ0n) is 37.3. The van der Waals surface area contributed by atoms with Crippen LogP contribution in [0, 0.1) is 0 Å². The first-order valence-electron chi connectivity index (χ1n) is 21.0. The van der Waals surface area contributed by atoms with Crippen LogP contribution < -0.4 is 0 Å². The van der Waals surface area contributed by atoms with Gasteiger partial charge in [0.25, 0.3) is 0 Å². The third-order valence-electron chi connectivity index (χ3n) is 7.74. The van der Waals surface area contributed by atoms with Gasteiger partial charge in [-0.1, -0.05) is 127 Å². The average Bonchev–Trinajstić information content (AvgIpc) is 3.60. The van der Waals surface area contributed by atoms with Gasteiger partial charge in [0.1, 0.15) is 11.2 Å². The van der Waals surface area contributed by atoms with Crippen LogP contribution in [0.2, 0.25) is 0 Å². The molecular weight excluding hydrogens is 520 g/mol. The van der Waals surface area contributed by atoms with Gasteiger partial charge in [-0.05, 0) is 96.0 Å². The maximum atomic E-state index is 9.40. The summed E-state index contributed by atoms with van der Waals surface area (Å²) in [6, 6.07) is 10.5. The van der Waals surface area contributed by atoms with Crippen LogP contribution in [-0.2, 0) is 0 Å². The van der Waals surface area contributed by atoms with Crippen molar-refractivity contribution in [2.24, 2.45) is 0 Å². The predicted molar refractivity (Wildman–Crippen MR) is 183 cm³/mol. The number of hydrogen-bond acceptors (Lipinski definition) is 1. The van der Waals surface area contributed by atoms with E-state index in [-0.39, 0.29) is 32.7 Å². The summed E-state index contributed by atoms with van der Waals surface area (Å²) in [5, 5.41) is -0.475. The lowest BCUT2D eigenvalue weighted by Crippen LogP contribution is -1.91. The first-order valence-corrected chi connectivity index (χ1v) is 13.5. The first kappa shape index (κ1) is 13.5. The number of benzene rings is 8. The molecule has 0 aliphatic rings. The SMILES string of the molecule is [2H]c1c([2H])c([2H])c2c([2H])c(-c3c4c([2H])c([2H])c([2H])c([2H])c4c(-c4ccc5oc6cc(-c7ccccc7)ccc6c5c4)c4c([2H])c([2H])c([2H])c([2H])c34)c([2H])c([2H])c2c1[2H]. The summed E-state index contributed by atoms with van der Waals surface area (Å²) in [7, 11) is 0. The summed E-state index contributed by atoms with van der Waals surface area (Å²) in [5.74, 6) is 0. The van der Waals surface area contributed by atoms with Gasteiger partial charge in [-0.2, -0.15) is 0 Å². The van der Waals surface area contributed by atoms with Crippen molar-refractivity contribution in [2.45, 2.75) is 0 Å². The molecule has 8 aromatic carbocycles. The second-order valence-electron chi connectivity index (χ2n) is 10.1. The topological polar surface area (TPSA) is 13.1 Å². The van der Waals surface area contributed by atoms with Crippen molar-refractivity contribution in [3.63, 3.8) is 0 Å². The highest BCUT2D eigenvalue weighted by Crippen LogP contribution is 2.45. The van der Waals surface area contributed by atoms with Gasteiger partial charge < -0.3 is 4.42 Å². The molecule has 9 rings (SSSR count). The molecular formula is C42H26O. The highest BCUT2D eigenvalue weighted by molar-refractivity contribution is 6.22. The summed E-state index contributed by atoms with van der Waals surface area (Å²) >= 11 is 0. The lowest BCUT2D eigenvalue weighted by Gasteiger charge is -2.18. The van der Waals surface area contributed by atoms with Crippen molar-refractivity contribution in [2.75, 3.05) is 0 Å². The fourth-order valence-corrected chi connectivity index (χ4v) is 5.81. The standard InChI is InChI=1S/C42H26O/c1-2-10-27(11-3-1)30-20-22-33-38-25-32(21-23-39(38)43-40(33)26-30)42-36-16-8-6-14-34(36)41(35-15-7-9-17-37(35)42)31-19-18-28-12-4-5-13-29(28)24-31/h1-26H/i4D,5D,6D,7D,8D,9D,12D,13D,14D,15D,16D,17D,18D,19D,24D. The van der Waals surface area contributed by atoms with Gasteiger partial charge in [-0.25, -0.2) is 0 Å². The zero-order chi connectivity index (χ0) is 41.4. The van der Waals surface area contributed by atoms with Crippen LogP contribution >= 0.6 is 0 Å². The van der Waals surface area contributed by atoms with Crippen LogP contribution in [0.1, 0.15) is 20.6 Å². The molecule has 200 valence electrons. The quantitative estimate of drug-likeness (QED) is 0.196. The molecule has 0 spiro atoms. The second kappa shape index (κ2) is 9.44. The molecule has 0 aliphatic carbocycles. The average molecular weight is 562 g/mol. The van der Waals surface area contributed by atoms with Gasteiger partial charge in [0.15, 0.2) is 0 Å². The lowest BCUT2D eigenvalue weighted by molar-refractivity contribution is 0.669. The van der Waals surface area contributed by atoms with E-state index in [0.29, 0.717) is 27.5 Å². The highest BCUT2D eigenvalue weighted by atomic mass is 16.3. The smallest absolute Gasteiger partial charge is 0.136 e. The minimum atomic E-state index is -0.737. The molecule has 0 bridgehead atoms. The van der Waals surface area contributed by atoms with Gasteiger partial charge in [-0.15, -0.1) is 0 Å². The molecule has 1 heteroatoms. The van der Waals surface area contributed by atoms with Crippen LogP contribution in [-0.4, -0.2) is 0 Å². The van der Waals surface area contributed by atoms with Gasteiger partial charge in [0.05, 0.1) is 20.6 Å². The van der Waals surface area contributed by atoms with Crippen molar-refractivity contribution in [3.8, 4) is 33.4 Å². The molecule has 43 heavy (non-hydrogen) atoms. The molecule has 9 aromatic rings. The van der Waals surface area contributed by atoms with E-state index in [1.807, 2.05) is 48.5 Å². The molecule has 0 amide bonds. The van der Waals surface area contributed by atoms with Crippen molar-refractivity contribution in [1.82, 2.24) is 0 Å². The Kier molecular flexibility index (Phi) is 2.97. The Bertz CT molecular complexity index is 3260. The largest absolute Gasteiger partial charge is 0.456 e. The minimum absolute atomic E-state index is 0.0248. The Morgan fingerprint density at radius 1 is 0.395 bits per heavy atom. The van der Waals surface area contributed by atoms with E-state index in [1.165, 1.54) is 0 Å². The van der Waals surface area contributed by atoms with Crippen molar-refractivity contribution in [1.29, 1.82) is 0 Å². The van der Waals surface area contributed by atoms with Crippen LogP contribution in [0.15, 0.2) is 162 Å². The first-order chi connectivity index (χ1) is 27.6. The molecule has 0 N–H and O–H groups in total. The van der Waals surface area contributed by atoms with Crippen molar-refractivity contribution in [3.05, 3.63) is 157 Å². The van der Waals surface area contributed by atoms with E-state index < -0.39 is 107 Å². The van der Waals surface area contributed by atoms with Gasteiger partial charge in [-0.3, -0.25) is 0 Å². The molecule has 0 radical (unpaired) electrons. The lowest BCUT2D eigenvalue weighted by atomic mass is 9.85. The van der Waals surface area contributed by atoms with Crippen molar-refractivity contribution >= 4 is 54.3 Å². The summed E-state index contributed by atoms with van der Waals surface area (Å²) in [5.41, 5.74) is 2.41. The Morgan fingerprint density at radius 2 is 1.02 bits per heavy atom. The molecule has 0 fully saturated rings. The fourth-order valence-electron chi connectivity index (χ4n) is 5.81. The highest BCUT2D eigenvalue weighted by Gasteiger charge is 2.18. The van der Waals surface area contributed by atoms with E-state index in [4.69, 9.17) is 16.8 Å². The maximum absolute atomic E-state index is 9.40. The normalized spacial score (nSPS) is 16.6. The second-order valence-corrected chi connectivity index (χ2v) is 10.1. The van der Waals surface area contributed by atoms with Crippen LogP contribution in [0.5, 0.6) is 0 Å². The number of hydrogen-bond donors (Lipinski definition) is 0. The Hall–Kier alpha value is -5.66. The van der Waals surface area contributed by atoms with E-state index in [1.54, 1.807) is 18.2 Å². The number of fused-ring (bicyclic) bond motifs is 6. The third kappa shape index (κ3) is 3.79. The third-order valence-corrected chi connectivity index (χ3v) is 7.74. The van der Waals surface area contributed by atoms with Gasteiger partial charge in [0.2, 0.25) is 0 Å². The summed E-state index contributed by atoms with van der Waals surface area (Å²) < 4.78 is 140. The predicted octanol–water partition coefficient (Wildman–Crippen LogP) is 12.0. The Morgan fingerprint density at radius 3 is 1.74 bits per heavy atom. The molecule has 0 unspecified atom stereocenters. The number of rotatable bonds is 3. The van der Waals surface area contributed by atoms with E-state index >= 15 is 0 Å². The number of furan rings is 1. The monoisotopic (exact) mass is 561 g/mol. The Balaban J connectivity index is 1.50. The zero-order valence-corrected chi connectivity index (χ0v) is 22.3. The Labute approximate surface area is 270 Å². The molecule has 0 saturated carbocycles. The van der Waals surface area contributed by atoms with E-state index in [9.17, 15) is 8.22 Å². The molecule has 1 aromatic heterocycles. The van der Waals surface area contributed by atoms with Crippen molar-refractivity contribution < 1.29 is 25.0 Å². The van der Waals surface area contributed by atoms with E-state index in [0.717, 1.165) is 11.1 Å². The van der Waals surface area contributed by atoms with Gasteiger partial charge >= 0.3 is 0 Å². The molecule has 0 aliphatic heterocycles. The maximum Gasteiger partial charge on any atom is 0.136 e. The minimum Gasteiger partial charge on any atom is -0.456 e. The molecule has 0 atom stereocenters. The van der Waals surface area contributed by atoms with Crippen LogP contribution in [0.25, 0.3) is 87.6 Å². The van der Waals surface area contributed by atoms with Gasteiger partial charge in [0, 0.05) is 10.8 Å². The summed E-state index contributed by atoms with van der Waals surface area (Å²) in [4.78, 5) is 0. The fraction of sp³-hybridized carbons (Fsp3) is 0. The summed E-state index contributed by atoms with van der Waals surface area (Å²) in [6.07, 6.45) is 0.